The van der Waals surface area contributed by atoms with Crippen molar-refractivity contribution in [2.45, 2.75) is 25.7 Å². The molecule has 2 rings (SSSR count). The van der Waals surface area contributed by atoms with Crippen LogP contribution >= 0.6 is 0 Å². The summed E-state index contributed by atoms with van der Waals surface area (Å²) in [6.45, 7) is 4.54. The molecule has 0 spiro atoms. The maximum atomic E-state index is 10.8. The van der Waals surface area contributed by atoms with Crippen molar-refractivity contribution in [3.8, 4) is 5.75 Å². The molecule has 0 fully saturated rings. The molecular formula is C19H22O3. The lowest BCUT2D eigenvalue weighted by atomic mass is 10.1. The van der Waals surface area contributed by atoms with Crippen molar-refractivity contribution in [2.24, 2.45) is 0 Å². The molecule has 0 N–H and O–H groups in total. The zero-order valence-electron chi connectivity index (χ0n) is 12.8. The number of rotatable bonds is 9. The molecule has 0 aliphatic carbocycles. The molecule has 0 aliphatic heterocycles. The lowest BCUT2D eigenvalue weighted by Gasteiger charge is -2.07. The van der Waals surface area contributed by atoms with Gasteiger partial charge in [-0.25, -0.2) is 4.79 Å². The maximum Gasteiger partial charge on any atom is 0.330 e. The number of unbranched alkanes of at least 4 members (excludes halogenated alkanes) is 3. The van der Waals surface area contributed by atoms with Crippen molar-refractivity contribution in [3.05, 3.63) is 55.1 Å². The Morgan fingerprint density at radius 3 is 2.45 bits per heavy atom. The van der Waals surface area contributed by atoms with Crippen LogP contribution in [0.2, 0.25) is 0 Å². The van der Waals surface area contributed by atoms with Gasteiger partial charge in [-0.3, -0.25) is 0 Å². The van der Waals surface area contributed by atoms with E-state index in [1.165, 1.54) is 16.8 Å². The van der Waals surface area contributed by atoms with Gasteiger partial charge in [0.15, 0.2) is 0 Å². The third-order valence-electron chi connectivity index (χ3n) is 3.44. The Morgan fingerprint density at radius 2 is 1.68 bits per heavy atom. The van der Waals surface area contributed by atoms with Gasteiger partial charge in [0.1, 0.15) is 5.75 Å². The number of hydrogen-bond acceptors (Lipinski definition) is 3. The Kier molecular flexibility index (Phi) is 6.49. The van der Waals surface area contributed by atoms with Gasteiger partial charge >= 0.3 is 5.97 Å². The van der Waals surface area contributed by atoms with Gasteiger partial charge in [-0.2, -0.15) is 0 Å². The second kappa shape index (κ2) is 8.88. The highest BCUT2D eigenvalue weighted by molar-refractivity contribution is 5.83. The summed E-state index contributed by atoms with van der Waals surface area (Å²) in [5, 5.41) is 2.42. The smallest absolute Gasteiger partial charge is 0.330 e. The largest absolute Gasteiger partial charge is 0.494 e. The Labute approximate surface area is 131 Å². The zero-order chi connectivity index (χ0) is 15.6. The Balaban J connectivity index is 1.60. The van der Waals surface area contributed by atoms with Gasteiger partial charge in [-0.1, -0.05) is 36.9 Å². The molecule has 22 heavy (non-hydrogen) atoms. The molecular weight excluding hydrogens is 276 g/mol. The molecule has 0 aromatic heterocycles. The van der Waals surface area contributed by atoms with E-state index in [0.717, 1.165) is 31.4 Å². The van der Waals surface area contributed by atoms with Crippen molar-refractivity contribution >= 4 is 16.7 Å². The average Bonchev–Trinajstić information content (AvgIpc) is 2.56. The molecule has 0 atom stereocenters. The van der Waals surface area contributed by atoms with Crippen LogP contribution in [-0.2, 0) is 9.53 Å². The summed E-state index contributed by atoms with van der Waals surface area (Å²) in [4.78, 5) is 10.8. The predicted octanol–water partition coefficient (Wildman–Crippen LogP) is 4.51. The first-order chi connectivity index (χ1) is 10.8. The summed E-state index contributed by atoms with van der Waals surface area (Å²) in [5.74, 6) is 0.568. The van der Waals surface area contributed by atoms with Crippen LogP contribution in [0.4, 0.5) is 0 Å². The zero-order valence-corrected chi connectivity index (χ0v) is 12.8. The Bertz CT molecular complexity index is 619. The van der Waals surface area contributed by atoms with Crippen LogP contribution in [0.3, 0.4) is 0 Å². The third kappa shape index (κ3) is 5.24. The fourth-order valence-electron chi connectivity index (χ4n) is 2.24. The van der Waals surface area contributed by atoms with Crippen LogP contribution in [0.5, 0.6) is 5.75 Å². The van der Waals surface area contributed by atoms with E-state index >= 15 is 0 Å². The molecule has 0 saturated heterocycles. The molecule has 116 valence electrons. The van der Waals surface area contributed by atoms with E-state index in [-0.39, 0.29) is 5.97 Å². The van der Waals surface area contributed by atoms with Gasteiger partial charge in [-0.15, -0.1) is 0 Å². The molecule has 0 amide bonds. The lowest BCUT2D eigenvalue weighted by molar-refractivity contribution is -0.137. The van der Waals surface area contributed by atoms with E-state index in [1.807, 2.05) is 18.2 Å². The van der Waals surface area contributed by atoms with Crippen LogP contribution in [0.25, 0.3) is 10.8 Å². The first-order valence-electron chi connectivity index (χ1n) is 7.70. The minimum absolute atomic E-state index is 0.348. The second-order valence-electron chi connectivity index (χ2n) is 5.14. The van der Waals surface area contributed by atoms with Crippen LogP contribution < -0.4 is 4.74 Å². The van der Waals surface area contributed by atoms with Gasteiger partial charge < -0.3 is 9.47 Å². The molecule has 0 aliphatic rings. The van der Waals surface area contributed by atoms with Crippen molar-refractivity contribution in [1.82, 2.24) is 0 Å². The van der Waals surface area contributed by atoms with Crippen LogP contribution in [-0.4, -0.2) is 19.2 Å². The van der Waals surface area contributed by atoms with Crippen LogP contribution in [0.15, 0.2) is 55.1 Å². The third-order valence-corrected chi connectivity index (χ3v) is 3.44. The summed E-state index contributed by atoms with van der Waals surface area (Å²) in [5.41, 5.74) is 0. The van der Waals surface area contributed by atoms with Crippen molar-refractivity contribution in [1.29, 1.82) is 0 Å². The highest BCUT2D eigenvalue weighted by Gasteiger charge is 1.98. The normalized spacial score (nSPS) is 10.4. The van der Waals surface area contributed by atoms with Crippen LogP contribution in [0, 0.1) is 0 Å². The fourth-order valence-corrected chi connectivity index (χ4v) is 2.24. The number of esters is 1. The summed E-state index contributed by atoms with van der Waals surface area (Å²) >= 11 is 0. The molecule has 2 aromatic carbocycles. The number of carbonyl (C=O) groups is 1. The van der Waals surface area contributed by atoms with E-state index in [9.17, 15) is 4.79 Å². The number of benzene rings is 2. The Hall–Kier alpha value is -2.29. The molecule has 2 aromatic rings. The molecule has 0 radical (unpaired) electrons. The van der Waals surface area contributed by atoms with E-state index in [2.05, 4.69) is 30.8 Å². The van der Waals surface area contributed by atoms with E-state index in [0.29, 0.717) is 13.2 Å². The Morgan fingerprint density at radius 1 is 0.955 bits per heavy atom. The molecule has 0 bridgehead atoms. The second-order valence-corrected chi connectivity index (χ2v) is 5.14. The van der Waals surface area contributed by atoms with Gasteiger partial charge in [0.05, 0.1) is 13.2 Å². The summed E-state index contributed by atoms with van der Waals surface area (Å²) in [6, 6.07) is 14.4. The fraction of sp³-hybridized carbons (Fsp3) is 0.316. The minimum atomic E-state index is -0.348. The number of fused-ring (bicyclic) bond motifs is 1. The van der Waals surface area contributed by atoms with Gasteiger partial charge in [0.25, 0.3) is 0 Å². The topological polar surface area (TPSA) is 35.5 Å². The van der Waals surface area contributed by atoms with Crippen molar-refractivity contribution in [2.75, 3.05) is 13.2 Å². The molecule has 0 saturated carbocycles. The van der Waals surface area contributed by atoms with Crippen molar-refractivity contribution < 1.29 is 14.3 Å². The summed E-state index contributed by atoms with van der Waals surface area (Å²) in [6.07, 6.45) is 5.18. The number of ether oxygens (including phenoxy) is 2. The predicted molar refractivity (Wildman–Crippen MR) is 89.1 cm³/mol. The molecule has 0 unspecified atom stereocenters. The monoisotopic (exact) mass is 298 g/mol. The van der Waals surface area contributed by atoms with Gasteiger partial charge in [-0.05, 0) is 48.6 Å². The quantitative estimate of drug-likeness (QED) is 0.388. The first-order valence-corrected chi connectivity index (χ1v) is 7.70. The van der Waals surface area contributed by atoms with E-state index in [1.54, 1.807) is 0 Å². The SMILES string of the molecule is C=CC(=O)OCCCCCCOc1ccc2ccccc2c1. The van der Waals surface area contributed by atoms with E-state index < -0.39 is 0 Å². The number of carbonyl (C=O) groups excluding carboxylic acids is 1. The molecule has 3 nitrogen and oxygen atoms in total. The first kappa shape index (κ1) is 16.1. The summed E-state index contributed by atoms with van der Waals surface area (Å²) < 4.78 is 10.7. The lowest BCUT2D eigenvalue weighted by Crippen LogP contribution is -2.02. The maximum absolute atomic E-state index is 10.8. The van der Waals surface area contributed by atoms with E-state index in [4.69, 9.17) is 9.47 Å². The highest BCUT2D eigenvalue weighted by Crippen LogP contribution is 2.20. The highest BCUT2D eigenvalue weighted by atomic mass is 16.5. The average molecular weight is 298 g/mol. The summed E-state index contributed by atoms with van der Waals surface area (Å²) in [7, 11) is 0. The minimum Gasteiger partial charge on any atom is -0.494 e. The molecule has 3 heteroatoms. The van der Waals surface area contributed by atoms with Gasteiger partial charge in [0, 0.05) is 6.08 Å². The molecule has 0 heterocycles. The standard InChI is InChI=1S/C19H22O3/c1-2-19(20)22-14-8-4-3-7-13-21-18-12-11-16-9-5-6-10-17(16)15-18/h2,5-6,9-12,15H,1,3-4,7-8,13-14H2. The number of hydrogen-bond donors (Lipinski definition) is 0. The van der Waals surface area contributed by atoms with Crippen molar-refractivity contribution in [3.63, 3.8) is 0 Å². The van der Waals surface area contributed by atoms with Crippen LogP contribution in [0.1, 0.15) is 25.7 Å². The van der Waals surface area contributed by atoms with Gasteiger partial charge in [0.2, 0.25) is 0 Å².